The zero-order chi connectivity index (χ0) is 40.9. The number of likely N-dealkylation sites (tertiary alicyclic amines) is 2. The molecule has 0 bridgehead atoms. The number of rotatable bonds is 17. The van der Waals surface area contributed by atoms with Gasteiger partial charge in [0.25, 0.3) is 0 Å². The second-order valence-corrected chi connectivity index (χ2v) is 15.6. The topological polar surface area (TPSA) is 108 Å². The number of aliphatic hydroxyl groups is 1. The van der Waals surface area contributed by atoms with Crippen LogP contribution in [0.25, 0.3) is 11.0 Å². The van der Waals surface area contributed by atoms with Crippen molar-refractivity contribution in [3.05, 3.63) is 107 Å². The number of hydrogen-bond donors (Lipinski definition) is 1. The molecule has 1 amide bonds. The summed E-state index contributed by atoms with van der Waals surface area (Å²) in [4.78, 5) is 24.0. The molecule has 11 nitrogen and oxygen atoms in total. The number of halogens is 1. The Morgan fingerprint density at radius 3 is 2.03 bits per heavy atom. The van der Waals surface area contributed by atoms with Crippen LogP contribution in [0, 0.1) is 11.2 Å². The van der Waals surface area contributed by atoms with Crippen molar-refractivity contribution in [1.82, 2.24) is 19.4 Å². The lowest BCUT2D eigenvalue weighted by Crippen LogP contribution is -2.45. The van der Waals surface area contributed by atoms with Gasteiger partial charge in [-0.25, -0.2) is 9.37 Å². The van der Waals surface area contributed by atoms with E-state index in [1.54, 1.807) is 47.7 Å². The zero-order valence-electron chi connectivity index (χ0n) is 34.3. The van der Waals surface area contributed by atoms with E-state index in [-0.39, 0.29) is 11.7 Å². The molecule has 308 valence electrons. The third kappa shape index (κ3) is 8.44. The number of methoxy groups -OCH3 is 5. The largest absolute Gasteiger partial charge is 0.493 e. The fraction of sp³-hybridized carbons (Fsp3) is 0.435. The first kappa shape index (κ1) is 40.9. The maximum Gasteiger partial charge on any atom is 0.229 e. The Kier molecular flexibility index (Phi) is 12.4. The number of aryl methyl sites for hydroxylation is 1. The highest BCUT2D eigenvalue weighted by Crippen LogP contribution is 2.44. The van der Waals surface area contributed by atoms with E-state index in [2.05, 4.69) is 15.5 Å². The summed E-state index contributed by atoms with van der Waals surface area (Å²) in [6, 6.07) is 24.2. The van der Waals surface area contributed by atoms with Crippen LogP contribution in [0.3, 0.4) is 0 Å². The smallest absolute Gasteiger partial charge is 0.229 e. The van der Waals surface area contributed by atoms with E-state index in [4.69, 9.17) is 28.7 Å². The van der Waals surface area contributed by atoms with E-state index >= 15 is 0 Å². The molecule has 2 aliphatic heterocycles. The molecule has 4 aromatic carbocycles. The Bertz CT molecular complexity index is 2180. The number of amides is 1. The van der Waals surface area contributed by atoms with Gasteiger partial charge in [0.15, 0.2) is 23.0 Å². The highest BCUT2D eigenvalue weighted by Gasteiger charge is 2.46. The van der Waals surface area contributed by atoms with Crippen LogP contribution in [0.1, 0.15) is 61.0 Å². The molecule has 12 heteroatoms. The average Bonchev–Trinajstić information content (AvgIpc) is 3.77. The first-order valence-corrected chi connectivity index (χ1v) is 20.1. The van der Waals surface area contributed by atoms with Crippen LogP contribution in [0.5, 0.6) is 28.7 Å². The summed E-state index contributed by atoms with van der Waals surface area (Å²) >= 11 is 0. The third-order valence-corrected chi connectivity index (χ3v) is 12.2. The van der Waals surface area contributed by atoms with Crippen LogP contribution >= 0.6 is 0 Å². The van der Waals surface area contributed by atoms with Crippen molar-refractivity contribution < 1.29 is 38.0 Å². The molecule has 0 spiro atoms. The van der Waals surface area contributed by atoms with Crippen molar-refractivity contribution in [2.24, 2.45) is 5.41 Å². The van der Waals surface area contributed by atoms with E-state index in [1.165, 1.54) is 12.1 Å². The summed E-state index contributed by atoms with van der Waals surface area (Å²) in [5.74, 6) is 3.53. The predicted octanol–water partition coefficient (Wildman–Crippen LogP) is 7.38. The SMILES string of the molecule is COc1ccc(CCCC2(CCN3CCC(O)(c4nc5ccccc5n4Cc4ccc(F)cc4)CC3)CCN(Cc3cc(OC)c(OC)c(OC)c3)C2=O)cc1OC. The molecule has 5 aromatic rings. The Morgan fingerprint density at radius 2 is 1.36 bits per heavy atom. The molecule has 1 unspecified atom stereocenters. The number of carbonyl (C=O) groups is 1. The quantitative estimate of drug-likeness (QED) is 0.103. The highest BCUT2D eigenvalue weighted by atomic mass is 19.1. The number of piperidine rings is 1. The lowest BCUT2D eigenvalue weighted by atomic mass is 9.77. The van der Waals surface area contributed by atoms with Crippen molar-refractivity contribution in [3.63, 3.8) is 0 Å². The van der Waals surface area contributed by atoms with Gasteiger partial charge in [-0.1, -0.05) is 30.3 Å². The number of ether oxygens (including phenoxy) is 5. The van der Waals surface area contributed by atoms with Gasteiger partial charge in [0, 0.05) is 32.7 Å². The Morgan fingerprint density at radius 1 is 0.707 bits per heavy atom. The lowest BCUT2D eigenvalue weighted by molar-refractivity contribution is -0.137. The molecule has 0 aliphatic carbocycles. The van der Waals surface area contributed by atoms with Gasteiger partial charge in [0.05, 0.1) is 52.0 Å². The number of fused-ring (bicyclic) bond motifs is 1. The molecular formula is C46H55FN4O7. The number of hydrogen-bond acceptors (Lipinski definition) is 9. The van der Waals surface area contributed by atoms with Crippen LogP contribution in [-0.2, 0) is 29.9 Å². The molecule has 7 rings (SSSR count). The maximum absolute atomic E-state index is 14.7. The highest BCUT2D eigenvalue weighted by molar-refractivity contribution is 5.85. The van der Waals surface area contributed by atoms with Crippen molar-refractivity contribution in [3.8, 4) is 28.7 Å². The second-order valence-electron chi connectivity index (χ2n) is 15.6. The predicted molar refractivity (Wildman–Crippen MR) is 220 cm³/mol. The lowest BCUT2D eigenvalue weighted by Gasteiger charge is -2.39. The first-order chi connectivity index (χ1) is 28.1. The van der Waals surface area contributed by atoms with Crippen LogP contribution in [0.15, 0.2) is 78.9 Å². The third-order valence-electron chi connectivity index (χ3n) is 12.2. The van der Waals surface area contributed by atoms with Crippen LogP contribution in [-0.4, -0.2) is 92.1 Å². The minimum Gasteiger partial charge on any atom is -0.493 e. The van der Waals surface area contributed by atoms with Crippen molar-refractivity contribution in [1.29, 1.82) is 0 Å². The molecule has 3 heterocycles. The summed E-state index contributed by atoms with van der Waals surface area (Å²) in [7, 11) is 8.04. The summed E-state index contributed by atoms with van der Waals surface area (Å²) in [5, 5.41) is 12.2. The van der Waals surface area contributed by atoms with Crippen LogP contribution < -0.4 is 23.7 Å². The molecule has 1 atom stereocenters. The van der Waals surface area contributed by atoms with Crippen molar-refractivity contribution in [2.45, 2.75) is 63.6 Å². The molecule has 0 radical (unpaired) electrons. The number of carbonyl (C=O) groups excluding carboxylic acids is 1. The van der Waals surface area contributed by atoms with E-state index in [9.17, 15) is 14.3 Å². The average molecular weight is 795 g/mol. The normalized spacial score (nSPS) is 18.1. The Balaban J connectivity index is 1.07. The van der Waals surface area contributed by atoms with Gasteiger partial charge in [0.2, 0.25) is 11.7 Å². The molecule has 2 aliphatic rings. The molecule has 58 heavy (non-hydrogen) atoms. The Labute approximate surface area is 340 Å². The minimum absolute atomic E-state index is 0.164. The summed E-state index contributed by atoms with van der Waals surface area (Å²) in [5.41, 5.74) is 3.06. The van der Waals surface area contributed by atoms with E-state index in [0.717, 1.165) is 60.0 Å². The van der Waals surface area contributed by atoms with Gasteiger partial charge in [-0.05, 0) is 117 Å². The molecule has 2 saturated heterocycles. The zero-order valence-corrected chi connectivity index (χ0v) is 34.3. The van der Waals surface area contributed by atoms with Crippen molar-refractivity contribution in [2.75, 3.05) is 61.7 Å². The fourth-order valence-electron chi connectivity index (χ4n) is 8.85. The molecule has 1 N–H and O–H groups in total. The van der Waals surface area contributed by atoms with Gasteiger partial charge in [0.1, 0.15) is 17.2 Å². The minimum atomic E-state index is -1.13. The van der Waals surface area contributed by atoms with E-state index in [0.29, 0.717) is 86.6 Å². The summed E-state index contributed by atoms with van der Waals surface area (Å²) in [6.07, 6.45) is 4.87. The van der Waals surface area contributed by atoms with E-state index in [1.807, 2.05) is 53.4 Å². The molecular weight excluding hydrogens is 740 g/mol. The number of imidazole rings is 1. The van der Waals surface area contributed by atoms with E-state index < -0.39 is 11.0 Å². The number of aromatic nitrogens is 2. The number of nitrogens with zero attached hydrogens (tertiary/aromatic N) is 4. The molecule has 1 aromatic heterocycles. The number of para-hydroxylation sites is 2. The van der Waals surface area contributed by atoms with Gasteiger partial charge < -0.3 is 43.2 Å². The maximum atomic E-state index is 14.7. The standard InChI is InChI=1S/C46H55FN4O7/c1-54-38-17-14-32(27-39(38)55-2)9-8-18-45(20-26-50(44(45)52)30-34-28-40(56-3)42(58-5)41(29-34)57-4)19-23-49-24-21-46(53,22-25-49)43-48-36-10-6-7-11-37(36)51(43)31-33-12-15-35(47)16-13-33/h6-7,10-17,27-29,53H,8-9,18-26,30-31H2,1-5H3. The molecule has 2 fully saturated rings. The van der Waals surface area contributed by atoms with Gasteiger partial charge in [-0.15, -0.1) is 0 Å². The van der Waals surface area contributed by atoms with Crippen molar-refractivity contribution >= 4 is 16.9 Å². The molecule has 0 saturated carbocycles. The monoisotopic (exact) mass is 794 g/mol. The summed E-state index contributed by atoms with van der Waals surface area (Å²) < 4.78 is 43.6. The van der Waals surface area contributed by atoms with Gasteiger partial charge in [-0.2, -0.15) is 0 Å². The van der Waals surface area contributed by atoms with Gasteiger partial charge >= 0.3 is 0 Å². The first-order valence-electron chi connectivity index (χ1n) is 20.1. The second kappa shape index (κ2) is 17.7. The summed E-state index contributed by atoms with van der Waals surface area (Å²) in [6.45, 7) is 3.63. The van der Waals surface area contributed by atoms with Crippen LogP contribution in [0.2, 0.25) is 0 Å². The number of benzene rings is 4. The van der Waals surface area contributed by atoms with Gasteiger partial charge in [-0.3, -0.25) is 4.79 Å². The fourth-order valence-corrected chi connectivity index (χ4v) is 8.85. The Hall–Kier alpha value is -5.33. The van der Waals surface area contributed by atoms with Crippen LogP contribution in [0.4, 0.5) is 4.39 Å².